The van der Waals surface area contributed by atoms with Gasteiger partial charge in [0.25, 0.3) is 0 Å². The molecule has 3 atom stereocenters. The van der Waals surface area contributed by atoms with Crippen LogP contribution in [0.4, 0.5) is 0 Å². The van der Waals surface area contributed by atoms with Gasteiger partial charge < -0.3 is 21.3 Å². The Morgan fingerprint density at radius 3 is 2.29 bits per heavy atom. The number of hydrogen-bond donors (Lipinski definition) is 4. The molecule has 160 valence electrons. The summed E-state index contributed by atoms with van der Waals surface area (Å²) >= 11 is 0. The molecule has 0 radical (unpaired) electrons. The number of amides is 3. The number of unbranched alkanes of at least 4 members (excludes halogenated alkanes) is 1. The molecule has 3 amide bonds. The summed E-state index contributed by atoms with van der Waals surface area (Å²) in [6.07, 6.45) is 5.83. The van der Waals surface area contributed by atoms with Crippen LogP contribution in [0.1, 0.15) is 53.4 Å². The van der Waals surface area contributed by atoms with E-state index in [1.165, 1.54) is 13.0 Å². The molecule has 28 heavy (non-hydrogen) atoms. The lowest BCUT2D eigenvalue weighted by Crippen LogP contribution is -2.50. The van der Waals surface area contributed by atoms with Crippen molar-refractivity contribution in [2.45, 2.75) is 65.5 Å². The molecule has 0 saturated carbocycles. The number of likely N-dealkylation sites (N-methyl/N-ethyl adjacent to an activating group) is 1. The van der Waals surface area contributed by atoms with Gasteiger partial charge in [0, 0.05) is 6.54 Å². The molecular formula is C20H36N4O4. The van der Waals surface area contributed by atoms with E-state index in [0.717, 1.165) is 6.42 Å². The topological polar surface area (TPSA) is 116 Å². The second-order valence-electron chi connectivity index (χ2n) is 6.89. The summed E-state index contributed by atoms with van der Waals surface area (Å²) in [4.78, 5) is 47.4. The Morgan fingerprint density at radius 1 is 1.07 bits per heavy atom. The third-order valence-electron chi connectivity index (χ3n) is 4.59. The van der Waals surface area contributed by atoms with Crippen molar-refractivity contribution in [2.24, 2.45) is 5.92 Å². The van der Waals surface area contributed by atoms with Gasteiger partial charge in [0.15, 0.2) is 5.78 Å². The van der Waals surface area contributed by atoms with Crippen molar-refractivity contribution in [1.29, 1.82) is 0 Å². The molecule has 0 rings (SSSR count). The van der Waals surface area contributed by atoms with Crippen molar-refractivity contribution in [3.05, 3.63) is 12.2 Å². The fourth-order valence-electron chi connectivity index (χ4n) is 2.70. The maximum Gasteiger partial charge on any atom is 0.243 e. The van der Waals surface area contributed by atoms with Crippen LogP contribution in [0.5, 0.6) is 0 Å². The maximum absolute atomic E-state index is 12.2. The molecule has 0 fully saturated rings. The summed E-state index contributed by atoms with van der Waals surface area (Å²) in [7, 11) is 1.71. The molecule has 0 saturated heterocycles. The lowest BCUT2D eigenvalue weighted by Gasteiger charge is -2.22. The van der Waals surface area contributed by atoms with Crippen LogP contribution < -0.4 is 21.3 Å². The van der Waals surface area contributed by atoms with E-state index >= 15 is 0 Å². The van der Waals surface area contributed by atoms with Crippen LogP contribution in [0.15, 0.2) is 12.2 Å². The Morgan fingerprint density at radius 2 is 1.75 bits per heavy atom. The smallest absolute Gasteiger partial charge is 0.243 e. The van der Waals surface area contributed by atoms with Crippen LogP contribution in [0.3, 0.4) is 0 Å². The third kappa shape index (κ3) is 10.8. The predicted octanol–water partition coefficient (Wildman–Crippen LogP) is 0.673. The van der Waals surface area contributed by atoms with E-state index in [1.807, 2.05) is 13.8 Å². The van der Waals surface area contributed by atoms with Gasteiger partial charge in [-0.25, -0.2) is 0 Å². The zero-order valence-corrected chi connectivity index (χ0v) is 17.8. The standard InChI is InChI=1S/C20H36N4O4/c1-6-10-17(26)22-12-9-8-11-16(15(4)25)24-18(27)13-23-20(28)19(21-5)14(3)7-2/h6,10,14,16,19,21H,7-9,11-13H2,1-5H3,(H,22,26)(H,23,28)(H,24,27)/b10-6+/t14?,16-,19-/m0/s1. The highest BCUT2D eigenvalue weighted by molar-refractivity contribution is 5.91. The number of carbonyl (C=O) groups excluding carboxylic acids is 4. The van der Waals surface area contributed by atoms with E-state index in [0.29, 0.717) is 25.8 Å². The van der Waals surface area contributed by atoms with Crippen LogP contribution >= 0.6 is 0 Å². The Bertz CT molecular complexity index is 548. The van der Waals surface area contributed by atoms with Gasteiger partial charge in [0.2, 0.25) is 17.7 Å². The highest BCUT2D eigenvalue weighted by atomic mass is 16.2. The summed E-state index contributed by atoms with van der Waals surface area (Å²) in [6, 6.07) is -0.954. The van der Waals surface area contributed by atoms with Crippen molar-refractivity contribution in [2.75, 3.05) is 20.1 Å². The van der Waals surface area contributed by atoms with E-state index in [-0.39, 0.29) is 36.1 Å². The summed E-state index contributed by atoms with van der Waals surface area (Å²) in [5, 5.41) is 11.0. The number of allylic oxidation sites excluding steroid dienone is 1. The van der Waals surface area contributed by atoms with Crippen molar-refractivity contribution in [1.82, 2.24) is 21.3 Å². The molecular weight excluding hydrogens is 360 g/mol. The Balaban J connectivity index is 4.31. The molecule has 0 aliphatic rings. The van der Waals surface area contributed by atoms with E-state index in [9.17, 15) is 19.2 Å². The number of rotatable bonds is 14. The normalized spacial score (nSPS) is 14.2. The zero-order valence-electron chi connectivity index (χ0n) is 17.8. The first kappa shape index (κ1) is 25.8. The lowest BCUT2D eigenvalue weighted by molar-refractivity contribution is -0.129. The van der Waals surface area contributed by atoms with Crippen LogP contribution in [0, 0.1) is 5.92 Å². The molecule has 0 aliphatic heterocycles. The first-order valence-corrected chi connectivity index (χ1v) is 9.92. The van der Waals surface area contributed by atoms with Gasteiger partial charge in [-0.05, 0) is 52.2 Å². The molecule has 0 aromatic heterocycles. The average Bonchev–Trinajstić information content (AvgIpc) is 2.65. The van der Waals surface area contributed by atoms with Crippen LogP contribution in [0.2, 0.25) is 0 Å². The van der Waals surface area contributed by atoms with Crippen molar-refractivity contribution in [3.8, 4) is 0 Å². The molecule has 8 nitrogen and oxygen atoms in total. The van der Waals surface area contributed by atoms with Crippen molar-refractivity contribution < 1.29 is 19.2 Å². The molecule has 0 aliphatic carbocycles. The highest BCUT2D eigenvalue weighted by Gasteiger charge is 2.23. The Hall–Kier alpha value is -2.22. The molecule has 8 heteroatoms. The van der Waals surface area contributed by atoms with Gasteiger partial charge in [0.05, 0.1) is 18.6 Å². The molecule has 0 bridgehead atoms. The van der Waals surface area contributed by atoms with Crippen molar-refractivity contribution >= 4 is 23.5 Å². The largest absolute Gasteiger partial charge is 0.353 e. The third-order valence-corrected chi connectivity index (χ3v) is 4.59. The molecule has 0 aromatic rings. The van der Waals surface area contributed by atoms with Gasteiger partial charge >= 0.3 is 0 Å². The molecule has 4 N–H and O–H groups in total. The first-order valence-electron chi connectivity index (χ1n) is 9.92. The number of nitrogens with one attached hydrogen (secondary N) is 4. The molecule has 1 unspecified atom stereocenters. The zero-order chi connectivity index (χ0) is 21.5. The summed E-state index contributed by atoms with van der Waals surface area (Å²) in [6.45, 7) is 7.50. The second-order valence-corrected chi connectivity index (χ2v) is 6.89. The number of hydrogen-bond acceptors (Lipinski definition) is 5. The van der Waals surface area contributed by atoms with E-state index in [1.54, 1.807) is 20.0 Å². The monoisotopic (exact) mass is 396 g/mol. The molecule has 0 aromatic carbocycles. The minimum absolute atomic E-state index is 0.134. The Labute approximate surface area is 168 Å². The SMILES string of the molecule is C/C=C/C(=O)NCCCC[C@H](NC(=O)CNC(=O)[C@@H](NC)C(C)CC)C(C)=O. The first-order chi connectivity index (χ1) is 13.3. The fourth-order valence-corrected chi connectivity index (χ4v) is 2.70. The second kappa shape index (κ2) is 14.8. The van der Waals surface area contributed by atoms with E-state index in [2.05, 4.69) is 21.3 Å². The predicted molar refractivity (Wildman–Crippen MR) is 110 cm³/mol. The molecule has 0 spiro atoms. The maximum atomic E-state index is 12.2. The van der Waals surface area contributed by atoms with Gasteiger partial charge in [-0.1, -0.05) is 26.3 Å². The number of Topliss-reactive ketones (excluding diaryl/α,β-unsaturated/α-hetero) is 1. The summed E-state index contributed by atoms with van der Waals surface area (Å²) < 4.78 is 0. The lowest BCUT2D eigenvalue weighted by atomic mass is 9.98. The molecule has 0 heterocycles. The van der Waals surface area contributed by atoms with Gasteiger partial charge in [-0.15, -0.1) is 0 Å². The van der Waals surface area contributed by atoms with Crippen LogP contribution in [-0.4, -0.2) is 55.7 Å². The highest BCUT2D eigenvalue weighted by Crippen LogP contribution is 2.07. The van der Waals surface area contributed by atoms with E-state index < -0.39 is 11.9 Å². The summed E-state index contributed by atoms with van der Waals surface area (Å²) in [5.74, 6) is -0.763. The fraction of sp³-hybridized carbons (Fsp3) is 0.700. The van der Waals surface area contributed by atoms with Crippen molar-refractivity contribution in [3.63, 3.8) is 0 Å². The van der Waals surface area contributed by atoms with Gasteiger partial charge in [0.1, 0.15) is 0 Å². The minimum atomic E-state index is -0.592. The Kier molecular flexibility index (Phi) is 13.6. The number of carbonyl (C=O) groups is 4. The summed E-state index contributed by atoms with van der Waals surface area (Å²) in [5.41, 5.74) is 0. The van der Waals surface area contributed by atoms with Crippen LogP contribution in [0.25, 0.3) is 0 Å². The minimum Gasteiger partial charge on any atom is -0.353 e. The van der Waals surface area contributed by atoms with Gasteiger partial charge in [-0.3, -0.25) is 19.2 Å². The quantitative estimate of drug-likeness (QED) is 0.254. The van der Waals surface area contributed by atoms with E-state index in [4.69, 9.17) is 0 Å². The van der Waals surface area contributed by atoms with Gasteiger partial charge in [-0.2, -0.15) is 0 Å². The number of ketones is 1. The average molecular weight is 397 g/mol. The van der Waals surface area contributed by atoms with Crippen LogP contribution in [-0.2, 0) is 19.2 Å².